The monoisotopic (exact) mass is 592 g/mol. The molecule has 0 saturated carbocycles. The van der Waals surface area contributed by atoms with Gasteiger partial charge in [0.05, 0.1) is 84.2 Å². The maximum Gasteiger partial charge on any atom is 0.240 e. The van der Waals surface area contributed by atoms with Gasteiger partial charge in [-0.2, -0.15) is 0 Å². The van der Waals surface area contributed by atoms with Crippen LogP contribution in [-0.2, 0) is 38.4 Å². The molecule has 0 unspecified atom stereocenters. The lowest BCUT2D eigenvalue weighted by atomic mass is 10.3. The van der Waals surface area contributed by atoms with Crippen molar-refractivity contribution in [2.75, 3.05) is 92.4 Å². The van der Waals surface area contributed by atoms with E-state index in [4.69, 9.17) is 38.9 Å². The zero-order valence-corrected chi connectivity index (χ0v) is 23.2. The molecule has 2 aromatic carbocycles. The van der Waals surface area contributed by atoms with Gasteiger partial charge in [0.15, 0.2) is 17.4 Å². The molecule has 14 heteroatoms. The van der Waals surface area contributed by atoms with Crippen LogP contribution in [0, 0.1) is 11.6 Å². The van der Waals surface area contributed by atoms with Gasteiger partial charge in [-0.1, -0.05) is 6.07 Å². The fraction of sp³-hybridized carbons (Fsp3) is 0.538. The summed E-state index contributed by atoms with van der Waals surface area (Å²) in [5.74, 6) is -2.20. The number of halogens is 2. The minimum absolute atomic E-state index is 0.0277. The van der Waals surface area contributed by atoms with Gasteiger partial charge in [0.1, 0.15) is 5.75 Å². The van der Waals surface area contributed by atoms with E-state index in [-0.39, 0.29) is 23.8 Å². The van der Waals surface area contributed by atoms with Crippen LogP contribution in [0.2, 0.25) is 0 Å². The van der Waals surface area contributed by atoms with E-state index in [2.05, 4.69) is 4.72 Å². The molecule has 2 rings (SSSR count). The van der Waals surface area contributed by atoms with Crippen LogP contribution in [0.5, 0.6) is 11.5 Å². The third kappa shape index (κ3) is 14.4. The van der Waals surface area contributed by atoms with Crippen LogP contribution in [0.15, 0.2) is 47.4 Å². The average Bonchev–Trinajstić information content (AvgIpc) is 2.94. The van der Waals surface area contributed by atoms with Crippen LogP contribution in [-0.4, -0.2) is 101 Å². The Hall–Kier alpha value is -2.27. The molecule has 226 valence electrons. The summed E-state index contributed by atoms with van der Waals surface area (Å²) in [4.78, 5) is -0.0277. The molecule has 0 saturated heterocycles. The van der Waals surface area contributed by atoms with E-state index in [0.29, 0.717) is 79.2 Å². The molecule has 0 aliphatic heterocycles. The Labute approximate surface area is 233 Å². The van der Waals surface area contributed by atoms with E-state index in [1.165, 1.54) is 30.3 Å². The molecule has 0 aliphatic carbocycles. The third-order valence-electron chi connectivity index (χ3n) is 4.93. The summed E-state index contributed by atoms with van der Waals surface area (Å²) in [5.41, 5.74) is 5.31. The molecular formula is C26H38F2N2O9S. The second kappa shape index (κ2) is 20.6. The molecule has 0 heterocycles. The fourth-order valence-electron chi connectivity index (χ4n) is 3.00. The summed E-state index contributed by atoms with van der Waals surface area (Å²) in [7, 11) is -3.80. The van der Waals surface area contributed by atoms with E-state index in [1.807, 2.05) is 0 Å². The molecule has 40 heavy (non-hydrogen) atoms. The van der Waals surface area contributed by atoms with Crippen LogP contribution < -0.4 is 15.2 Å². The highest BCUT2D eigenvalue weighted by Gasteiger charge is 2.15. The summed E-state index contributed by atoms with van der Waals surface area (Å²) >= 11 is 0. The lowest BCUT2D eigenvalue weighted by Gasteiger charge is -2.10. The summed E-state index contributed by atoms with van der Waals surface area (Å²) in [5, 5.41) is 0. The molecule has 11 nitrogen and oxygen atoms in total. The number of para-hydroxylation sites is 1. The summed E-state index contributed by atoms with van der Waals surface area (Å²) in [6.45, 7) is 5.55. The summed E-state index contributed by atoms with van der Waals surface area (Å²) in [6.07, 6.45) is 0. The Bertz CT molecular complexity index is 1030. The topological polar surface area (TPSA) is 137 Å². The van der Waals surface area contributed by atoms with Gasteiger partial charge in [0, 0.05) is 13.1 Å². The molecule has 0 spiro atoms. The van der Waals surface area contributed by atoms with Gasteiger partial charge < -0.3 is 38.9 Å². The van der Waals surface area contributed by atoms with Crippen LogP contribution in [0.3, 0.4) is 0 Å². The summed E-state index contributed by atoms with van der Waals surface area (Å²) < 4.78 is 91.9. The molecule has 0 bridgehead atoms. The lowest BCUT2D eigenvalue weighted by Crippen LogP contribution is -2.27. The first kappa shape index (κ1) is 33.9. The number of hydrogen-bond donors (Lipinski definition) is 2. The first-order valence-corrected chi connectivity index (χ1v) is 14.3. The highest BCUT2D eigenvalue weighted by atomic mass is 32.2. The smallest absolute Gasteiger partial charge is 0.240 e. The van der Waals surface area contributed by atoms with Crippen LogP contribution in [0.25, 0.3) is 0 Å². The molecule has 0 amide bonds. The fourth-order valence-corrected chi connectivity index (χ4v) is 4.01. The predicted octanol–water partition coefficient (Wildman–Crippen LogP) is 2.09. The van der Waals surface area contributed by atoms with Gasteiger partial charge in [-0.3, -0.25) is 0 Å². The number of sulfonamides is 1. The van der Waals surface area contributed by atoms with Crippen molar-refractivity contribution in [3.05, 3.63) is 54.1 Å². The van der Waals surface area contributed by atoms with Gasteiger partial charge in [0.2, 0.25) is 10.0 Å². The molecule has 0 aliphatic rings. The van der Waals surface area contributed by atoms with Crippen molar-refractivity contribution < 1.29 is 50.4 Å². The number of nitrogens with two attached hydrogens (primary N) is 1. The van der Waals surface area contributed by atoms with Crippen molar-refractivity contribution in [2.24, 2.45) is 5.73 Å². The molecular weight excluding hydrogens is 554 g/mol. The number of benzene rings is 2. The van der Waals surface area contributed by atoms with E-state index in [9.17, 15) is 17.2 Å². The maximum atomic E-state index is 13.7. The van der Waals surface area contributed by atoms with Gasteiger partial charge in [-0.15, -0.1) is 0 Å². The van der Waals surface area contributed by atoms with Gasteiger partial charge in [-0.05, 0) is 36.4 Å². The minimum Gasteiger partial charge on any atom is -0.451 e. The quantitative estimate of drug-likeness (QED) is 0.174. The van der Waals surface area contributed by atoms with E-state index >= 15 is 0 Å². The number of ether oxygens (including phenoxy) is 7. The van der Waals surface area contributed by atoms with E-state index < -0.39 is 27.4 Å². The van der Waals surface area contributed by atoms with Crippen molar-refractivity contribution in [1.82, 2.24) is 4.72 Å². The van der Waals surface area contributed by atoms with Gasteiger partial charge in [-0.25, -0.2) is 21.9 Å². The highest BCUT2D eigenvalue weighted by Crippen LogP contribution is 2.27. The Balaban J connectivity index is 1.43. The molecule has 0 radical (unpaired) electrons. The highest BCUT2D eigenvalue weighted by molar-refractivity contribution is 7.89. The van der Waals surface area contributed by atoms with Gasteiger partial charge in [0.25, 0.3) is 0 Å². The minimum atomic E-state index is -3.80. The van der Waals surface area contributed by atoms with Crippen molar-refractivity contribution in [2.45, 2.75) is 4.90 Å². The second-order valence-electron chi connectivity index (χ2n) is 7.98. The Morgan fingerprint density at radius 1 is 0.625 bits per heavy atom. The van der Waals surface area contributed by atoms with Crippen molar-refractivity contribution >= 4 is 10.0 Å². The van der Waals surface area contributed by atoms with Crippen LogP contribution in [0.1, 0.15) is 0 Å². The first-order valence-electron chi connectivity index (χ1n) is 12.8. The second-order valence-corrected chi connectivity index (χ2v) is 9.75. The van der Waals surface area contributed by atoms with Gasteiger partial charge >= 0.3 is 0 Å². The first-order chi connectivity index (χ1) is 19.4. The lowest BCUT2D eigenvalue weighted by molar-refractivity contribution is -0.0161. The molecule has 0 aromatic heterocycles. The Morgan fingerprint density at radius 3 is 1.50 bits per heavy atom. The van der Waals surface area contributed by atoms with Crippen molar-refractivity contribution in [3.8, 4) is 11.5 Å². The average molecular weight is 593 g/mol. The predicted molar refractivity (Wildman–Crippen MR) is 142 cm³/mol. The van der Waals surface area contributed by atoms with E-state index in [1.54, 1.807) is 0 Å². The Morgan fingerprint density at radius 2 is 1.05 bits per heavy atom. The Kier molecular flexibility index (Phi) is 17.5. The van der Waals surface area contributed by atoms with Crippen molar-refractivity contribution in [3.63, 3.8) is 0 Å². The third-order valence-corrected chi connectivity index (χ3v) is 6.41. The number of hydrogen-bond acceptors (Lipinski definition) is 10. The molecule has 0 atom stereocenters. The number of rotatable bonds is 24. The van der Waals surface area contributed by atoms with Crippen molar-refractivity contribution in [1.29, 1.82) is 0 Å². The molecule has 3 N–H and O–H groups in total. The van der Waals surface area contributed by atoms with Crippen LogP contribution in [0.4, 0.5) is 8.78 Å². The summed E-state index contributed by atoms with van der Waals surface area (Å²) in [6, 6.07) is 8.51. The van der Waals surface area contributed by atoms with Crippen LogP contribution >= 0.6 is 0 Å². The zero-order chi connectivity index (χ0) is 28.9. The maximum absolute atomic E-state index is 13.7. The largest absolute Gasteiger partial charge is 0.451 e. The standard InChI is InChI=1S/C26H38F2N2O9S/c27-24-2-1-3-25(28)26(24)39-22-4-6-23(7-5-22)40(31,32)30-9-11-34-13-15-36-17-19-38-21-20-37-18-16-35-14-12-33-10-8-29/h1-7,30H,8-21,29H2. The molecule has 2 aromatic rings. The zero-order valence-electron chi connectivity index (χ0n) is 22.4. The number of nitrogens with one attached hydrogen (secondary N) is 1. The van der Waals surface area contributed by atoms with E-state index in [0.717, 1.165) is 12.1 Å². The SMILES string of the molecule is NCCOCCOCCOCCOCCOCCOCCNS(=O)(=O)c1ccc(Oc2c(F)cccc2F)cc1. The normalized spacial score (nSPS) is 11.7. The molecule has 0 fully saturated rings.